The molecule has 0 unspecified atom stereocenters. The summed E-state index contributed by atoms with van der Waals surface area (Å²) >= 11 is 3.37. The number of hydrogen-bond acceptors (Lipinski definition) is 2. The molecule has 22 heavy (non-hydrogen) atoms. The molecule has 0 spiro atoms. The van der Waals surface area contributed by atoms with Crippen LogP contribution in [0, 0.1) is 11.3 Å². The topological polar surface area (TPSA) is 52.9 Å². The molecule has 0 heterocycles. The maximum absolute atomic E-state index is 12.2. The molecule has 0 bridgehead atoms. The fourth-order valence-corrected chi connectivity index (χ4v) is 2.35. The second-order valence-electron chi connectivity index (χ2n) is 4.73. The lowest BCUT2D eigenvalue weighted by Crippen LogP contribution is -2.13. The van der Waals surface area contributed by atoms with Gasteiger partial charge in [0.1, 0.15) is 11.6 Å². The van der Waals surface area contributed by atoms with Crippen molar-refractivity contribution in [1.29, 1.82) is 5.26 Å². The Kier molecular flexibility index (Phi) is 5.51. The van der Waals surface area contributed by atoms with Crippen LogP contribution in [0.1, 0.15) is 18.1 Å². The fraction of sp³-hybridized carbons (Fsp3) is 0.111. The van der Waals surface area contributed by atoms with E-state index in [2.05, 4.69) is 28.2 Å². The quantitative estimate of drug-likeness (QED) is 0.646. The molecule has 3 nitrogen and oxygen atoms in total. The number of carbonyl (C=O) groups excluding carboxylic acids is 1. The first-order chi connectivity index (χ1) is 10.6. The Bertz CT molecular complexity index is 742. The van der Waals surface area contributed by atoms with Crippen molar-refractivity contribution in [1.82, 2.24) is 0 Å². The van der Waals surface area contributed by atoms with Gasteiger partial charge in [0.05, 0.1) is 0 Å². The third-order valence-electron chi connectivity index (χ3n) is 3.14. The average Bonchev–Trinajstić information content (AvgIpc) is 2.53. The van der Waals surface area contributed by atoms with Crippen LogP contribution in [-0.2, 0) is 11.2 Å². The number of halogens is 1. The third-order valence-corrected chi connectivity index (χ3v) is 3.64. The van der Waals surface area contributed by atoms with Crippen LogP contribution >= 0.6 is 15.9 Å². The molecular formula is C18H15BrN2O. The number of nitrogens with one attached hydrogen (secondary N) is 1. The van der Waals surface area contributed by atoms with Gasteiger partial charge >= 0.3 is 0 Å². The van der Waals surface area contributed by atoms with Gasteiger partial charge in [0, 0.05) is 10.2 Å². The minimum atomic E-state index is -0.410. The van der Waals surface area contributed by atoms with Crippen molar-refractivity contribution in [2.24, 2.45) is 0 Å². The van der Waals surface area contributed by atoms with Gasteiger partial charge in [-0.2, -0.15) is 5.26 Å². The van der Waals surface area contributed by atoms with E-state index in [0.717, 1.165) is 16.5 Å². The Morgan fingerprint density at radius 2 is 2.00 bits per heavy atom. The molecular weight excluding hydrogens is 340 g/mol. The van der Waals surface area contributed by atoms with E-state index in [0.29, 0.717) is 5.69 Å². The number of amides is 1. The summed E-state index contributed by atoms with van der Waals surface area (Å²) in [6.45, 7) is 2.07. The predicted octanol–water partition coefficient (Wildman–Crippen LogP) is 4.56. The van der Waals surface area contributed by atoms with Gasteiger partial charge in [-0.3, -0.25) is 4.79 Å². The van der Waals surface area contributed by atoms with Crippen LogP contribution in [-0.4, -0.2) is 5.91 Å². The van der Waals surface area contributed by atoms with Crippen molar-refractivity contribution in [3.05, 3.63) is 69.7 Å². The molecule has 1 amide bonds. The first-order valence-electron chi connectivity index (χ1n) is 6.90. The molecule has 0 aliphatic carbocycles. The summed E-state index contributed by atoms with van der Waals surface area (Å²) in [7, 11) is 0. The van der Waals surface area contributed by atoms with E-state index in [-0.39, 0.29) is 5.57 Å². The van der Waals surface area contributed by atoms with Gasteiger partial charge in [-0.25, -0.2) is 0 Å². The summed E-state index contributed by atoms with van der Waals surface area (Å²) in [4.78, 5) is 12.2. The van der Waals surface area contributed by atoms with Crippen molar-refractivity contribution >= 4 is 33.6 Å². The average molecular weight is 355 g/mol. The monoisotopic (exact) mass is 354 g/mol. The van der Waals surface area contributed by atoms with Crippen LogP contribution in [0.5, 0.6) is 0 Å². The first-order valence-corrected chi connectivity index (χ1v) is 7.69. The van der Waals surface area contributed by atoms with Crippen LogP contribution in [0.25, 0.3) is 6.08 Å². The molecule has 110 valence electrons. The Hall–Kier alpha value is -2.38. The summed E-state index contributed by atoms with van der Waals surface area (Å²) in [6, 6.07) is 17.0. The maximum Gasteiger partial charge on any atom is 0.266 e. The molecule has 0 fully saturated rings. The molecule has 0 aromatic heterocycles. The summed E-state index contributed by atoms with van der Waals surface area (Å²) in [5.74, 6) is -0.410. The third kappa shape index (κ3) is 4.31. The minimum Gasteiger partial charge on any atom is -0.321 e. The van der Waals surface area contributed by atoms with Crippen LogP contribution < -0.4 is 5.32 Å². The van der Waals surface area contributed by atoms with Crippen molar-refractivity contribution in [2.75, 3.05) is 5.32 Å². The van der Waals surface area contributed by atoms with Crippen LogP contribution in [0.3, 0.4) is 0 Å². The Labute approximate surface area is 138 Å². The summed E-state index contributed by atoms with van der Waals surface area (Å²) in [5.41, 5.74) is 2.74. The lowest BCUT2D eigenvalue weighted by Gasteiger charge is -2.05. The van der Waals surface area contributed by atoms with Crippen molar-refractivity contribution in [2.45, 2.75) is 13.3 Å². The molecule has 0 atom stereocenters. The number of aryl methyl sites for hydroxylation is 1. The number of anilines is 1. The van der Waals surface area contributed by atoms with E-state index in [9.17, 15) is 10.1 Å². The van der Waals surface area contributed by atoms with Gasteiger partial charge in [0.2, 0.25) is 0 Å². The smallest absolute Gasteiger partial charge is 0.266 e. The van der Waals surface area contributed by atoms with Gasteiger partial charge < -0.3 is 5.32 Å². The molecule has 2 rings (SSSR count). The first kappa shape index (κ1) is 16.0. The number of nitrogens with zero attached hydrogens (tertiary/aromatic N) is 1. The largest absolute Gasteiger partial charge is 0.321 e. The van der Waals surface area contributed by atoms with E-state index in [4.69, 9.17) is 0 Å². The lowest BCUT2D eigenvalue weighted by atomic mass is 10.1. The number of nitriles is 1. The zero-order chi connectivity index (χ0) is 15.9. The van der Waals surface area contributed by atoms with Crippen LogP contribution in [0.15, 0.2) is 58.6 Å². The molecule has 0 saturated carbocycles. The summed E-state index contributed by atoms with van der Waals surface area (Å²) in [5, 5.41) is 11.9. The summed E-state index contributed by atoms with van der Waals surface area (Å²) in [6.07, 6.45) is 2.51. The molecule has 0 aliphatic rings. The van der Waals surface area contributed by atoms with Crippen LogP contribution in [0.4, 0.5) is 5.69 Å². The molecule has 4 heteroatoms. The van der Waals surface area contributed by atoms with E-state index in [1.54, 1.807) is 6.08 Å². The molecule has 1 N–H and O–H groups in total. The zero-order valence-electron chi connectivity index (χ0n) is 12.1. The highest BCUT2D eigenvalue weighted by Gasteiger charge is 2.09. The minimum absolute atomic E-state index is 0.0673. The van der Waals surface area contributed by atoms with E-state index in [1.165, 1.54) is 5.56 Å². The van der Waals surface area contributed by atoms with Gasteiger partial charge in [-0.15, -0.1) is 0 Å². The van der Waals surface area contributed by atoms with Crippen molar-refractivity contribution in [3.8, 4) is 6.07 Å². The van der Waals surface area contributed by atoms with Crippen LogP contribution in [0.2, 0.25) is 0 Å². The van der Waals surface area contributed by atoms with Crippen molar-refractivity contribution < 1.29 is 4.79 Å². The highest BCUT2D eigenvalue weighted by Crippen LogP contribution is 2.16. The number of hydrogen-bond donors (Lipinski definition) is 1. The fourth-order valence-electron chi connectivity index (χ4n) is 1.93. The molecule has 2 aromatic carbocycles. The van der Waals surface area contributed by atoms with E-state index in [1.807, 2.05) is 54.6 Å². The Morgan fingerprint density at radius 3 is 2.59 bits per heavy atom. The van der Waals surface area contributed by atoms with Gasteiger partial charge in [0.25, 0.3) is 5.91 Å². The normalized spacial score (nSPS) is 10.9. The van der Waals surface area contributed by atoms with E-state index < -0.39 is 5.91 Å². The standard InChI is InChI=1S/C18H15BrN2O/c1-2-13-6-8-17(9-7-13)21-18(22)15(12-20)10-14-4-3-5-16(19)11-14/h3-11H,2H2,1H3,(H,21,22). The molecule has 0 saturated heterocycles. The highest BCUT2D eigenvalue weighted by atomic mass is 79.9. The van der Waals surface area contributed by atoms with Gasteiger partial charge in [-0.05, 0) is 47.9 Å². The second-order valence-corrected chi connectivity index (χ2v) is 5.65. The molecule has 2 aromatic rings. The molecule has 0 aliphatic heterocycles. The second kappa shape index (κ2) is 7.58. The SMILES string of the molecule is CCc1ccc(NC(=O)C(C#N)=Cc2cccc(Br)c2)cc1. The molecule has 0 radical (unpaired) electrons. The number of rotatable bonds is 4. The summed E-state index contributed by atoms with van der Waals surface area (Å²) < 4.78 is 0.897. The van der Waals surface area contributed by atoms with Gasteiger partial charge in [0.15, 0.2) is 0 Å². The maximum atomic E-state index is 12.2. The van der Waals surface area contributed by atoms with Crippen molar-refractivity contribution in [3.63, 3.8) is 0 Å². The zero-order valence-corrected chi connectivity index (χ0v) is 13.7. The van der Waals surface area contributed by atoms with Gasteiger partial charge in [-0.1, -0.05) is 47.1 Å². The predicted molar refractivity (Wildman–Crippen MR) is 92.2 cm³/mol. The highest BCUT2D eigenvalue weighted by molar-refractivity contribution is 9.10. The number of benzene rings is 2. The number of carbonyl (C=O) groups is 1. The Balaban J connectivity index is 2.16. The Morgan fingerprint density at radius 1 is 1.27 bits per heavy atom. The lowest BCUT2D eigenvalue weighted by molar-refractivity contribution is -0.112. The van der Waals surface area contributed by atoms with E-state index >= 15 is 0 Å².